The molecule has 2 fully saturated rings. The third-order valence-electron chi connectivity index (χ3n) is 10.2. The highest BCUT2D eigenvalue weighted by Gasteiger charge is 2.38. The minimum absolute atomic E-state index is 0.0841. The molecular weight excluding hydrogens is 704 g/mol. The summed E-state index contributed by atoms with van der Waals surface area (Å²) >= 11 is 0. The maximum absolute atomic E-state index is 15.6. The molecule has 17 heteroatoms. The normalized spacial score (nSPS) is 18.0. The minimum atomic E-state index is -0.839. The first-order valence-corrected chi connectivity index (χ1v) is 18.4. The average molecular weight is 756 g/mol. The third-order valence-corrected chi connectivity index (χ3v) is 10.2. The highest BCUT2D eigenvalue weighted by molar-refractivity contribution is 5.87. The van der Waals surface area contributed by atoms with Crippen LogP contribution in [0, 0.1) is 23.5 Å². The molecule has 0 bridgehead atoms. The van der Waals surface area contributed by atoms with Crippen LogP contribution in [0.1, 0.15) is 95.6 Å². The second-order valence-electron chi connectivity index (χ2n) is 14.6. The van der Waals surface area contributed by atoms with Crippen LogP contribution in [0.4, 0.5) is 24.1 Å². The minimum Gasteiger partial charge on any atom is -0.453 e. The molecule has 0 radical (unpaired) electrons. The van der Waals surface area contributed by atoms with Gasteiger partial charge in [0.15, 0.2) is 0 Å². The number of piperidine rings is 1. The number of aromatic amines is 2. The van der Waals surface area contributed by atoms with Gasteiger partial charge in [-0.3, -0.25) is 9.59 Å². The molecule has 4 amide bonds. The lowest BCUT2D eigenvalue weighted by molar-refractivity contribution is -0.135. The van der Waals surface area contributed by atoms with E-state index in [9.17, 15) is 19.2 Å². The van der Waals surface area contributed by atoms with Crippen molar-refractivity contribution in [1.29, 1.82) is 0 Å². The molecule has 0 aliphatic carbocycles. The van der Waals surface area contributed by atoms with E-state index < -0.39 is 47.9 Å². The molecular formula is C37H51F2N9O6. The Morgan fingerprint density at radius 3 is 2.02 bits per heavy atom. The number of anilines is 1. The van der Waals surface area contributed by atoms with Crippen LogP contribution >= 0.6 is 0 Å². The van der Waals surface area contributed by atoms with Gasteiger partial charge in [0.1, 0.15) is 41.1 Å². The Hall–Kier alpha value is -5.22. The Morgan fingerprint density at radius 2 is 1.43 bits per heavy atom. The van der Waals surface area contributed by atoms with Gasteiger partial charge in [-0.05, 0) is 56.6 Å². The molecule has 0 spiro atoms. The number of amides is 4. The molecule has 2 aromatic heterocycles. The summed E-state index contributed by atoms with van der Waals surface area (Å²) in [6, 6.07) is 0.110. The number of halogens is 2. The summed E-state index contributed by atoms with van der Waals surface area (Å²) in [5, 5.41) is 7.98. The Balaban J connectivity index is 1.20. The van der Waals surface area contributed by atoms with Gasteiger partial charge < -0.3 is 45.2 Å². The summed E-state index contributed by atoms with van der Waals surface area (Å²) in [7, 11) is 2.48. The zero-order chi connectivity index (χ0) is 39.3. The highest BCUT2D eigenvalue weighted by atomic mass is 19.1. The van der Waals surface area contributed by atoms with E-state index in [-0.39, 0.29) is 41.0 Å². The van der Waals surface area contributed by atoms with E-state index in [0.717, 1.165) is 18.5 Å². The second-order valence-corrected chi connectivity index (χ2v) is 14.6. The van der Waals surface area contributed by atoms with Crippen LogP contribution < -0.4 is 20.9 Å². The van der Waals surface area contributed by atoms with Gasteiger partial charge in [-0.15, -0.1) is 0 Å². The number of hydrogen-bond donors (Lipinski definition) is 5. The number of nitrogens with one attached hydrogen (secondary N) is 5. The van der Waals surface area contributed by atoms with Crippen molar-refractivity contribution in [2.24, 2.45) is 11.8 Å². The Morgan fingerprint density at radius 1 is 0.815 bits per heavy atom. The molecule has 294 valence electrons. The maximum atomic E-state index is 15.6. The first-order chi connectivity index (χ1) is 25.7. The van der Waals surface area contributed by atoms with E-state index in [1.807, 2.05) is 13.8 Å². The first kappa shape index (κ1) is 40.0. The summed E-state index contributed by atoms with van der Waals surface area (Å²) in [6.45, 7) is 10.4. The maximum Gasteiger partial charge on any atom is 0.407 e. The van der Waals surface area contributed by atoms with E-state index in [0.29, 0.717) is 49.8 Å². The van der Waals surface area contributed by atoms with E-state index in [4.69, 9.17) is 4.74 Å². The molecule has 3 aromatic rings. The van der Waals surface area contributed by atoms with Gasteiger partial charge in [-0.25, -0.2) is 28.3 Å². The van der Waals surface area contributed by atoms with Crippen molar-refractivity contribution in [1.82, 2.24) is 40.8 Å². The van der Waals surface area contributed by atoms with Crippen LogP contribution in [0.5, 0.6) is 0 Å². The van der Waals surface area contributed by atoms with Crippen LogP contribution in [0.15, 0.2) is 24.5 Å². The average Bonchev–Trinajstić information content (AvgIpc) is 3.93. The number of benzene rings is 1. The monoisotopic (exact) mass is 755 g/mol. The fraction of sp³-hybridized carbons (Fsp3) is 0.568. The molecule has 0 saturated carbocycles. The molecule has 4 heterocycles. The number of carbonyl (C=O) groups excluding carboxylic acids is 4. The predicted molar refractivity (Wildman–Crippen MR) is 195 cm³/mol. The predicted octanol–water partition coefficient (Wildman–Crippen LogP) is 5.06. The highest BCUT2D eigenvalue weighted by Crippen LogP contribution is 2.36. The van der Waals surface area contributed by atoms with Gasteiger partial charge in [0, 0.05) is 43.0 Å². The molecule has 54 heavy (non-hydrogen) atoms. The number of carbonyl (C=O) groups is 4. The lowest BCUT2D eigenvalue weighted by atomic mass is 9.93. The summed E-state index contributed by atoms with van der Waals surface area (Å²) in [5.41, 5.74) is 1.45. The number of H-pyrrole nitrogens is 2. The fourth-order valence-electron chi connectivity index (χ4n) is 7.15. The summed E-state index contributed by atoms with van der Waals surface area (Å²) in [6.07, 6.45) is 4.66. The van der Waals surface area contributed by atoms with Crippen LogP contribution in [0.3, 0.4) is 0 Å². The number of ether oxygens (including phenoxy) is 2. The second kappa shape index (κ2) is 17.3. The Bertz CT molecular complexity index is 1780. The molecule has 0 unspecified atom stereocenters. The number of hydrogen-bond acceptors (Lipinski definition) is 9. The van der Waals surface area contributed by atoms with Crippen molar-refractivity contribution < 1.29 is 37.4 Å². The lowest BCUT2D eigenvalue weighted by Gasteiger charge is -2.33. The zero-order valence-electron chi connectivity index (χ0n) is 31.8. The first-order valence-electron chi connectivity index (χ1n) is 18.4. The topological polar surface area (TPSA) is 187 Å². The Kier molecular flexibility index (Phi) is 12.8. The summed E-state index contributed by atoms with van der Waals surface area (Å²) < 4.78 is 40.6. The molecule has 5 rings (SSSR count). The molecule has 4 atom stereocenters. The third kappa shape index (κ3) is 8.93. The van der Waals surface area contributed by atoms with Gasteiger partial charge in [0.2, 0.25) is 11.8 Å². The number of imidazole rings is 2. The summed E-state index contributed by atoms with van der Waals surface area (Å²) in [5.74, 6) is -1.24. The largest absolute Gasteiger partial charge is 0.453 e. The number of methoxy groups -OCH3 is 2. The van der Waals surface area contributed by atoms with E-state index in [1.54, 1.807) is 36.8 Å². The van der Waals surface area contributed by atoms with Crippen molar-refractivity contribution in [3.8, 4) is 11.3 Å². The number of rotatable bonds is 12. The molecule has 2 saturated heterocycles. The standard InChI is InChI=1S/C37H51F2N9O6/c1-19(2)29(45-36(51)53-6)34(49)42-21(5)32-40-18-27(43-32)23-15-24(38)31(25(39)16-23)47-13-10-22(11-14-47)26-17-41-33(44-26)28-9-8-12-48(28)35(50)30(20(3)4)46-37(52)54-7/h15-22,28-30H,8-14H2,1-7H3,(H,40,43)(H,41,44)(H,42,49)(H,45,51)(H,46,52)/t21-,28-,29-,30-/m0/s1. The van der Waals surface area contributed by atoms with Crippen molar-refractivity contribution >= 4 is 29.7 Å². The molecule has 1 aromatic carbocycles. The number of alkyl carbamates (subject to hydrolysis) is 2. The van der Waals surface area contributed by atoms with E-state index in [2.05, 4.69) is 40.6 Å². The molecule has 15 nitrogen and oxygen atoms in total. The van der Waals surface area contributed by atoms with Crippen LogP contribution in [-0.4, -0.2) is 94.8 Å². The van der Waals surface area contributed by atoms with Crippen molar-refractivity contribution in [3.63, 3.8) is 0 Å². The lowest BCUT2D eigenvalue weighted by Crippen LogP contribution is -2.51. The zero-order valence-corrected chi connectivity index (χ0v) is 31.8. The summed E-state index contributed by atoms with van der Waals surface area (Å²) in [4.78, 5) is 68.9. The SMILES string of the molecule is COC(=O)N[C@H](C(=O)N[C@@H](C)c1ncc(-c2cc(F)c(N3CCC(c4cnc([C@@H]5CCCN5C(=O)[C@@H](NC(=O)OC)C(C)C)[nH]4)CC3)c(F)c2)[nH]1)C(C)C. The van der Waals surface area contributed by atoms with Gasteiger partial charge in [-0.2, -0.15) is 0 Å². The molecule has 5 N–H and O–H groups in total. The van der Waals surface area contributed by atoms with Crippen molar-refractivity contribution in [3.05, 3.63) is 53.5 Å². The molecule has 2 aliphatic rings. The van der Waals surface area contributed by atoms with E-state index in [1.165, 1.54) is 32.5 Å². The number of aromatic nitrogens is 4. The quantitative estimate of drug-likeness (QED) is 0.168. The van der Waals surface area contributed by atoms with Crippen molar-refractivity contribution in [2.75, 3.05) is 38.8 Å². The number of nitrogens with zero attached hydrogens (tertiary/aromatic N) is 4. The van der Waals surface area contributed by atoms with Crippen LogP contribution in [0.25, 0.3) is 11.3 Å². The van der Waals surface area contributed by atoms with Gasteiger partial charge >= 0.3 is 12.2 Å². The number of likely N-dealkylation sites (tertiary alicyclic amines) is 1. The Labute approximate surface area is 313 Å². The fourth-order valence-corrected chi connectivity index (χ4v) is 7.15. The van der Waals surface area contributed by atoms with Crippen LogP contribution in [0.2, 0.25) is 0 Å². The van der Waals surface area contributed by atoms with Gasteiger partial charge in [0.05, 0.1) is 38.2 Å². The van der Waals surface area contributed by atoms with Crippen molar-refractivity contribution in [2.45, 2.75) is 90.4 Å². The smallest absolute Gasteiger partial charge is 0.407 e. The van der Waals surface area contributed by atoms with Gasteiger partial charge in [0.25, 0.3) is 0 Å². The van der Waals surface area contributed by atoms with Crippen LogP contribution in [-0.2, 0) is 19.1 Å². The van der Waals surface area contributed by atoms with Gasteiger partial charge in [-0.1, -0.05) is 27.7 Å². The van der Waals surface area contributed by atoms with E-state index >= 15 is 8.78 Å². The molecule has 2 aliphatic heterocycles.